The van der Waals surface area contributed by atoms with Crippen molar-refractivity contribution in [3.8, 4) is 11.8 Å². The summed E-state index contributed by atoms with van der Waals surface area (Å²) in [5, 5.41) is 2.81. The predicted molar refractivity (Wildman–Crippen MR) is 56.1 cm³/mol. The van der Waals surface area contributed by atoms with E-state index in [4.69, 9.17) is 0 Å². The first-order chi connectivity index (χ1) is 5.47. The summed E-state index contributed by atoms with van der Waals surface area (Å²) in [6.07, 6.45) is 0. The van der Waals surface area contributed by atoms with Crippen LogP contribution in [0, 0.1) is 17.3 Å². The molecule has 1 nitrogen and oxygen atoms in total. The van der Waals surface area contributed by atoms with Crippen LogP contribution >= 0.6 is 27.3 Å². The molecule has 0 N–H and O–H groups in total. The molecular weight excluding hydrogens is 234 g/mol. The first-order valence-corrected chi connectivity index (χ1v) is 5.29. The Labute approximate surface area is 85.3 Å². The third kappa shape index (κ3) is 3.38. The molecule has 0 unspecified atom stereocenters. The highest BCUT2D eigenvalue weighted by molar-refractivity contribution is 9.10. The lowest BCUT2D eigenvalue weighted by molar-refractivity contribution is 0.571. The first kappa shape index (κ1) is 9.76. The van der Waals surface area contributed by atoms with Crippen LogP contribution in [0.15, 0.2) is 9.98 Å². The molecule has 0 atom stereocenters. The summed E-state index contributed by atoms with van der Waals surface area (Å²) in [5.74, 6) is 6.16. The molecule has 0 aromatic carbocycles. The van der Waals surface area contributed by atoms with Gasteiger partial charge >= 0.3 is 0 Å². The van der Waals surface area contributed by atoms with Crippen LogP contribution in [0.3, 0.4) is 0 Å². The monoisotopic (exact) mass is 243 g/mol. The predicted octanol–water partition coefficient (Wildman–Crippen LogP) is 3.30. The number of rotatable bonds is 0. The van der Waals surface area contributed by atoms with Gasteiger partial charge in [0.05, 0.1) is 0 Å². The Balaban J connectivity index is 2.80. The first-order valence-electron chi connectivity index (χ1n) is 3.61. The third-order valence-electron chi connectivity index (χ3n) is 1.02. The lowest BCUT2D eigenvalue weighted by Gasteiger charge is -2.05. The number of hydrogen-bond acceptors (Lipinski definition) is 2. The number of thiazole rings is 1. The van der Waals surface area contributed by atoms with Gasteiger partial charge in [-0.3, -0.25) is 0 Å². The summed E-state index contributed by atoms with van der Waals surface area (Å²) < 4.78 is 0.866. The van der Waals surface area contributed by atoms with E-state index in [0.717, 1.165) is 9.61 Å². The normalized spacial score (nSPS) is 10.7. The molecule has 0 fully saturated rings. The third-order valence-corrected chi connectivity index (χ3v) is 2.49. The fourth-order valence-corrected chi connectivity index (χ4v) is 1.65. The van der Waals surface area contributed by atoms with Crippen molar-refractivity contribution >= 4 is 27.3 Å². The summed E-state index contributed by atoms with van der Waals surface area (Å²) >= 11 is 4.84. The minimum absolute atomic E-state index is 0.0537. The molecule has 0 aliphatic rings. The molecule has 1 aromatic rings. The molecule has 1 aromatic heterocycles. The molecule has 1 rings (SSSR count). The van der Waals surface area contributed by atoms with E-state index >= 15 is 0 Å². The van der Waals surface area contributed by atoms with Crippen molar-refractivity contribution in [3.05, 3.63) is 15.0 Å². The lowest BCUT2D eigenvalue weighted by Crippen LogP contribution is -1.99. The van der Waals surface area contributed by atoms with Crippen molar-refractivity contribution in [2.24, 2.45) is 5.41 Å². The van der Waals surface area contributed by atoms with Crippen LogP contribution < -0.4 is 0 Å². The Hall–Kier alpha value is -0.330. The van der Waals surface area contributed by atoms with Gasteiger partial charge in [0.1, 0.15) is 4.60 Å². The van der Waals surface area contributed by atoms with E-state index in [-0.39, 0.29) is 5.41 Å². The number of nitrogens with zero attached hydrogens (tertiary/aromatic N) is 1. The minimum atomic E-state index is 0.0537. The largest absolute Gasteiger partial charge is 0.221 e. The summed E-state index contributed by atoms with van der Waals surface area (Å²) in [6, 6.07) is 0. The molecule has 0 spiro atoms. The van der Waals surface area contributed by atoms with E-state index in [2.05, 4.69) is 53.5 Å². The van der Waals surface area contributed by atoms with Crippen molar-refractivity contribution in [2.75, 3.05) is 0 Å². The second-order valence-corrected chi connectivity index (χ2v) is 5.15. The molecule has 0 aliphatic carbocycles. The van der Waals surface area contributed by atoms with Gasteiger partial charge in [0.25, 0.3) is 0 Å². The minimum Gasteiger partial charge on any atom is -0.221 e. The molecule has 0 amide bonds. The van der Waals surface area contributed by atoms with Crippen LogP contribution in [0.4, 0.5) is 0 Å². The number of halogens is 1. The second kappa shape index (κ2) is 3.59. The molecule has 0 saturated heterocycles. The van der Waals surface area contributed by atoms with Gasteiger partial charge < -0.3 is 0 Å². The maximum Gasteiger partial charge on any atom is 0.168 e. The van der Waals surface area contributed by atoms with Crippen molar-refractivity contribution < 1.29 is 0 Å². The summed E-state index contributed by atoms with van der Waals surface area (Å²) in [4.78, 5) is 4.18. The number of aromatic nitrogens is 1. The Morgan fingerprint density at radius 1 is 1.50 bits per heavy atom. The summed E-state index contributed by atoms with van der Waals surface area (Å²) in [5.41, 5.74) is 0.0537. The molecular formula is C9H10BrNS. The van der Waals surface area contributed by atoms with Gasteiger partial charge in [-0.25, -0.2) is 4.98 Å². The van der Waals surface area contributed by atoms with Gasteiger partial charge in [-0.15, -0.1) is 11.3 Å². The van der Waals surface area contributed by atoms with E-state index in [1.54, 1.807) is 11.3 Å². The molecule has 0 radical (unpaired) electrons. The molecule has 12 heavy (non-hydrogen) atoms. The van der Waals surface area contributed by atoms with Crippen molar-refractivity contribution in [3.63, 3.8) is 0 Å². The molecule has 64 valence electrons. The molecule has 0 saturated carbocycles. The van der Waals surface area contributed by atoms with Crippen molar-refractivity contribution in [1.29, 1.82) is 0 Å². The molecule has 3 heteroatoms. The summed E-state index contributed by atoms with van der Waals surface area (Å²) in [6.45, 7) is 6.26. The Morgan fingerprint density at radius 2 is 2.17 bits per heavy atom. The highest BCUT2D eigenvalue weighted by atomic mass is 79.9. The van der Waals surface area contributed by atoms with Gasteiger partial charge in [-0.05, 0) is 42.6 Å². The lowest BCUT2D eigenvalue weighted by atomic mass is 9.98. The zero-order chi connectivity index (χ0) is 9.19. The van der Waals surface area contributed by atoms with Crippen LogP contribution in [0.5, 0.6) is 0 Å². The fourth-order valence-electron chi connectivity index (χ4n) is 0.553. The van der Waals surface area contributed by atoms with Gasteiger partial charge in [0.15, 0.2) is 5.01 Å². The fraction of sp³-hybridized carbons (Fsp3) is 0.444. The average molecular weight is 244 g/mol. The van der Waals surface area contributed by atoms with Crippen LogP contribution in [-0.2, 0) is 0 Å². The Kier molecular flexibility index (Phi) is 2.92. The maximum atomic E-state index is 4.18. The van der Waals surface area contributed by atoms with E-state index in [0.29, 0.717) is 0 Å². The highest BCUT2D eigenvalue weighted by Crippen LogP contribution is 2.15. The van der Waals surface area contributed by atoms with Crippen LogP contribution in [-0.4, -0.2) is 4.98 Å². The van der Waals surface area contributed by atoms with Gasteiger partial charge in [0.2, 0.25) is 0 Å². The SMILES string of the molecule is CC(C)(C)C#Cc1nc(Br)cs1. The van der Waals surface area contributed by atoms with Gasteiger partial charge in [-0.2, -0.15) is 0 Å². The van der Waals surface area contributed by atoms with Gasteiger partial charge in [-0.1, -0.05) is 5.92 Å². The topological polar surface area (TPSA) is 12.9 Å². The van der Waals surface area contributed by atoms with E-state index in [9.17, 15) is 0 Å². The van der Waals surface area contributed by atoms with Crippen LogP contribution in [0.2, 0.25) is 0 Å². The quantitative estimate of drug-likeness (QED) is 0.638. The standard InChI is InChI=1S/C9H10BrNS/c1-9(2,3)5-4-8-11-7(10)6-12-8/h6H,1-3H3. The Bertz CT molecular complexity index is 324. The zero-order valence-corrected chi connectivity index (χ0v) is 9.71. The summed E-state index contributed by atoms with van der Waals surface area (Å²) in [7, 11) is 0. The van der Waals surface area contributed by atoms with E-state index in [1.807, 2.05) is 5.38 Å². The smallest absolute Gasteiger partial charge is 0.168 e. The molecule has 0 bridgehead atoms. The van der Waals surface area contributed by atoms with Crippen LogP contribution in [0.25, 0.3) is 0 Å². The highest BCUT2D eigenvalue weighted by Gasteiger charge is 2.03. The van der Waals surface area contributed by atoms with Gasteiger partial charge in [0, 0.05) is 10.8 Å². The average Bonchev–Trinajstić information content (AvgIpc) is 2.30. The van der Waals surface area contributed by atoms with Crippen LogP contribution in [0.1, 0.15) is 25.8 Å². The Morgan fingerprint density at radius 3 is 2.58 bits per heavy atom. The molecule has 1 heterocycles. The molecule has 0 aliphatic heterocycles. The van der Waals surface area contributed by atoms with Crippen molar-refractivity contribution in [1.82, 2.24) is 4.98 Å². The maximum absolute atomic E-state index is 4.18. The number of hydrogen-bond donors (Lipinski definition) is 0. The van der Waals surface area contributed by atoms with Crippen molar-refractivity contribution in [2.45, 2.75) is 20.8 Å². The second-order valence-electron chi connectivity index (χ2n) is 3.48. The van der Waals surface area contributed by atoms with E-state index < -0.39 is 0 Å². The zero-order valence-electron chi connectivity index (χ0n) is 7.31. The van der Waals surface area contributed by atoms with E-state index in [1.165, 1.54) is 0 Å².